The Morgan fingerprint density at radius 2 is 1.61 bits per heavy atom. The summed E-state index contributed by atoms with van der Waals surface area (Å²) in [4.78, 5) is 12.4. The largest absolute Gasteiger partial charge is 0.497 e. The Labute approximate surface area is 197 Å². The van der Waals surface area contributed by atoms with Crippen molar-refractivity contribution in [3.8, 4) is 28.6 Å². The van der Waals surface area contributed by atoms with E-state index in [1.54, 1.807) is 26.0 Å². The van der Waals surface area contributed by atoms with Crippen LogP contribution in [0, 0.1) is 0 Å². The maximum atomic E-state index is 12.4. The van der Waals surface area contributed by atoms with E-state index in [0.717, 1.165) is 45.6 Å². The number of ether oxygens (including phenoxy) is 2. The number of benzene rings is 3. The van der Waals surface area contributed by atoms with Crippen molar-refractivity contribution in [2.24, 2.45) is 0 Å². The monoisotopic (exact) mass is 459 g/mol. The summed E-state index contributed by atoms with van der Waals surface area (Å²) in [6, 6.07) is 24.9. The molecule has 0 aliphatic heterocycles. The number of nitrogens with zero attached hydrogens (tertiary/aromatic N) is 3. The molecular formula is C26H25N3O3S. The van der Waals surface area contributed by atoms with Gasteiger partial charge in [0.05, 0.1) is 25.5 Å². The van der Waals surface area contributed by atoms with Gasteiger partial charge in [-0.25, -0.2) is 0 Å². The number of thioether (sulfide) groups is 1. The minimum absolute atomic E-state index is 0.155. The first-order chi connectivity index (χ1) is 16.2. The molecule has 4 aromatic rings. The summed E-state index contributed by atoms with van der Waals surface area (Å²) in [6.45, 7) is 0. The van der Waals surface area contributed by atoms with E-state index in [0.29, 0.717) is 12.2 Å². The summed E-state index contributed by atoms with van der Waals surface area (Å²) >= 11 is 1.58. The van der Waals surface area contributed by atoms with Crippen molar-refractivity contribution in [1.82, 2.24) is 14.8 Å². The van der Waals surface area contributed by atoms with E-state index in [2.05, 4.69) is 10.2 Å². The van der Waals surface area contributed by atoms with Gasteiger partial charge in [0.1, 0.15) is 11.5 Å². The Bertz CT molecular complexity index is 1210. The van der Waals surface area contributed by atoms with Crippen molar-refractivity contribution < 1.29 is 14.3 Å². The number of methoxy groups -OCH3 is 2. The van der Waals surface area contributed by atoms with Gasteiger partial charge >= 0.3 is 0 Å². The third-order valence-corrected chi connectivity index (χ3v) is 6.20. The number of Topliss-reactive ketones (excluding diaryl/α,β-unsaturated/α-hetero) is 1. The molecule has 0 N–H and O–H groups in total. The van der Waals surface area contributed by atoms with Crippen LogP contribution >= 0.6 is 11.8 Å². The van der Waals surface area contributed by atoms with Crippen molar-refractivity contribution in [2.45, 2.75) is 18.0 Å². The molecule has 0 atom stereocenters. The zero-order chi connectivity index (χ0) is 23.0. The Morgan fingerprint density at radius 1 is 0.879 bits per heavy atom. The molecule has 7 heteroatoms. The van der Waals surface area contributed by atoms with Gasteiger partial charge in [-0.05, 0) is 42.8 Å². The molecule has 33 heavy (non-hydrogen) atoms. The fourth-order valence-corrected chi connectivity index (χ4v) is 4.39. The van der Waals surface area contributed by atoms with Crippen molar-refractivity contribution in [3.63, 3.8) is 0 Å². The van der Waals surface area contributed by atoms with Crippen LogP contribution in [0.3, 0.4) is 0 Å². The molecule has 0 radical (unpaired) electrons. The lowest BCUT2D eigenvalue weighted by Crippen LogP contribution is -2.02. The van der Waals surface area contributed by atoms with E-state index < -0.39 is 0 Å². The summed E-state index contributed by atoms with van der Waals surface area (Å²) in [5.74, 6) is 3.10. The SMILES string of the molecule is COc1ccc(-n2c(SCCCC(=O)c3ccccc3)nnc2-c2ccccc2OC)cc1. The third kappa shape index (κ3) is 5.26. The highest BCUT2D eigenvalue weighted by atomic mass is 32.2. The lowest BCUT2D eigenvalue weighted by Gasteiger charge is -2.13. The van der Waals surface area contributed by atoms with Crippen LogP contribution in [0.4, 0.5) is 0 Å². The van der Waals surface area contributed by atoms with Crippen LogP contribution in [-0.2, 0) is 0 Å². The van der Waals surface area contributed by atoms with Crippen LogP contribution in [0.5, 0.6) is 11.5 Å². The van der Waals surface area contributed by atoms with Crippen molar-refractivity contribution in [3.05, 3.63) is 84.4 Å². The quantitative estimate of drug-likeness (QED) is 0.172. The summed E-state index contributed by atoms with van der Waals surface area (Å²) < 4.78 is 12.9. The first-order valence-corrected chi connectivity index (χ1v) is 11.6. The molecule has 0 amide bonds. The van der Waals surface area contributed by atoms with Crippen LogP contribution in [0.2, 0.25) is 0 Å². The third-order valence-electron chi connectivity index (χ3n) is 5.19. The normalized spacial score (nSPS) is 10.7. The molecule has 1 aromatic heterocycles. The molecule has 0 saturated heterocycles. The summed E-state index contributed by atoms with van der Waals surface area (Å²) in [6.07, 6.45) is 1.24. The van der Waals surface area contributed by atoms with Gasteiger partial charge in [0, 0.05) is 17.7 Å². The van der Waals surface area contributed by atoms with Crippen LogP contribution in [-0.4, -0.2) is 40.5 Å². The van der Waals surface area contributed by atoms with E-state index >= 15 is 0 Å². The zero-order valence-electron chi connectivity index (χ0n) is 18.6. The maximum absolute atomic E-state index is 12.4. The Balaban J connectivity index is 1.57. The van der Waals surface area contributed by atoms with Crippen molar-refractivity contribution >= 4 is 17.5 Å². The van der Waals surface area contributed by atoms with Gasteiger partial charge in [0.2, 0.25) is 0 Å². The lowest BCUT2D eigenvalue weighted by atomic mass is 10.1. The number of para-hydroxylation sites is 1. The highest BCUT2D eigenvalue weighted by Crippen LogP contribution is 2.33. The van der Waals surface area contributed by atoms with Crippen LogP contribution < -0.4 is 9.47 Å². The average molecular weight is 460 g/mol. The number of hydrogen-bond acceptors (Lipinski definition) is 6. The van der Waals surface area contributed by atoms with Crippen LogP contribution in [0.15, 0.2) is 84.0 Å². The summed E-state index contributed by atoms with van der Waals surface area (Å²) in [5, 5.41) is 9.71. The van der Waals surface area contributed by atoms with Gasteiger partial charge in [-0.15, -0.1) is 10.2 Å². The predicted octanol–water partition coefficient (Wildman–Crippen LogP) is 5.71. The van der Waals surface area contributed by atoms with E-state index in [-0.39, 0.29) is 5.78 Å². The Kier molecular flexibility index (Phi) is 7.42. The van der Waals surface area contributed by atoms with Gasteiger partial charge in [-0.3, -0.25) is 9.36 Å². The molecule has 0 fully saturated rings. The van der Waals surface area contributed by atoms with E-state index in [4.69, 9.17) is 9.47 Å². The van der Waals surface area contributed by atoms with Gasteiger partial charge in [-0.1, -0.05) is 54.2 Å². The second-order valence-electron chi connectivity index (χ2n) is 7.28. The lowest BCUT2D eigenvalue weighted by molar-refractivity contribution is 0.0982. The highest BCUT2D eigenvalue weighted by molar-refractivity contribution is 7.99. The fraction of sp³-hybridized carbons (Fsp3) is 0.192. The molecule has 6 nitrogen and oxygen atoms in total. The van der Waals surface area contributed by atoms with Gasteiger partial charge < -0.3 is 9.47 Å². The highest BCUT2D eigenvalue weighted by Gasteiger charge is 2.19. The molecule has 4 rings (SSSR count). The van der Waals surface area contributed by atoms with Crippen molar-refractivity contribution in [2.75, 3.05) is 20.0 Å². The van der Waals surface area contributed by atoms with E-state index in [1.165, 1.54) is 0 Å². The molecule has 0 aliphatic rings. The standard InChI is InChI=1S/C26H25N3O3S/c1-31-21-16-14-20(15-17-21)29-25(22-11-6-7-13-24(22)32-2)27-28-26(29)33-18-8-12-23(30)19-9-4-3-5-10-19/h3-7,9-11,13-17H,8,12,18H2,1-2H3. The van der Waals surface area contributed by atoms with Crippen LogP contribution in [0.1, 0.15) is 23.2 Å². The molecular weight excluding hydrogens is 434 g/mol. The molecule has 0 saturated carbocycles. The van der Waals surface area contributed by atoms with E-state index in [9.17, 15) is 4.79 Å². The molecule has 168 valence electrons. The molecule has 0 spiro atoms. The number of hydrogen-bond donors (Lipinski definition) is 0. The van der Waals surface area contributed by atoms with Gasteiger partial charge in [-0.2, -0.15) is 0 Å². The number of aromatic nitrogens is 3. The minimum Gasteiger partial charge on any atom is -0.497 e. The van der Waals surface area contributed by atoms with Crippen molar-refractivity contribution in [1.29, 1.82) is 0 Å². The average Bonchev–Trinajstić information content (AvgIpc) is 3.30. The molecule has 0 unspecified atom stereocenters. The minimum atomic E-state index is 0.155. The number of ketones is 1. The second-order valence-corrected chi connectivity index (χ2v) is 8.34. The molecule has 0 aliphatic carbocycles. The first-order valence-electron chi connectivity index (χ1n) is 10.7. The number of carbonyl (C=O) groups is 1. The number of carbonyl (C=O) groups excluding carboxylic acids is 1. The summed E-state index contributed by atoms with van der Waals surface area (Å²) in [5.41, 5.74) is 2.53. The Hall–Kier alpha value is -3.58. The van der Waals surface area contributed by atoms with E-state index in [1.807, 2.05) is 83.4 Å². The second kappa shape index (κ2) is 10.8. The number of rotatable bonds is 10. The fourth-order valence-electron chi connectivity index (χ4n) is 3.50. The first kappa shape index (κ1) is 22.6. The maximum Gasteiger partial charge on any atom is 0.196 e. The predicted molar refractivity (Wildman–Crippen MR) is 131 cm³/mol. The Morgan fingerprint density at radius 3 is 2.33 bits per heavy atom. The van der Waals surface area contributed by atoms with Gasteiger partial charge in [0.25, 0.3) is 0 Å². The topological polar surface area (TPSA) is 66.2 Å². The van der Waals surface area contributed by atoms with Crippen LogP contribution in [0.25, 0.3) is 17.1 Å². The smallest absolute Gasteiger partial charge is 0.196 e. The zero-order valence-corrected chi connectivity index (χ0v) is 19.4. The molecule has 3 aromatic carbocycles. The molecule has 1 heterocycles. The molecule has 0 bridgehead atoms. The summed E-state index contributed by atoms with van der Waals surface area (Å²) in [7, 11) is 3.29. The van der Waals surface area contributed by atoms with Gasteiger partial charge in [0.15, 0.2) is 16.8 Å².